The Morgan fingerprint density at radius 3 is 2.39 bits per heavy atom. The molecule has 2 amide bonds. The van der Waals surface area contributed by atoms with Crippen molar-refractivity contribution in [1.29, 1.82) is 0 Å². The van der Waals surface area contributed by atoms with E-state index in [2.05, 4.69) is 4.74 Å². The number of amides is 2. The molecule has 5 rings (SSSR count). The summed E-state index contributed by atoms with van der Waals surface area (Å²) >= 11 is 0. The Balaban J connectivity index is 1.49. The van der Waals surface area contributed by atoms with Crippen molar-refractivity contribution < 1.29 is 37.4 Å². The molecule has 7 nitrogen and oxygen atoms in total. The summed E-state index contributed by atoms with van der Waals surface area (Å²) in [5, 5.41) is 9.07. The number of carboxylic acids is 1. The van der Waals surface area contributed by atoms with Crippen molar-refractivity contribution in [3.05, 3.63) is 59.7 Å². The van der Waals surface area contributed by atoms with Gasteiger partial charge in [0.25, 0.3) is 5.91 Å². The highest BCUT2D eigenvalue weighted by Crippen LogP contribution is 2.54. The molecule has 0 radical (unpaired) electrons. The summed E-state index contributed by atoms with van der Waals surface area (Å²) < 4.78 is 42.2. The van der Waals surface area contributed by atoms with E-state index in [1.54, 1.807) is 17.0 Å². The topological polar surface area (TPSA) is 87.2 Å². The fraction of sp³-hybridized carbons (Fsp3) is 0.423. The van der Waals surface area contributed by atoms with Crippen LogP contribution in [0.2, 0.25) is 0 Å². The van der Waals surface area contributed by atoms with E-state index in [9.17, 15) is 27.6 Å². The number of anilines is 1. The van der Waals surface area contributed by atoms with Gasteiger partial charge in [0.05, 0.1) is 12.5 Å². The molecule has 0 bridgehead atoms. The number of carbonyl (C=O) groups excluding carboxylic acids is 2. The molecule has 0 spiro atoms. The number of alkyl halides is 3. The first-order chi connectivity index (χ1) is 17.1. The molecule has 2 aromatic rings. The number of aliphatic carboxylic acids is 1. The van der Waals surface area contributed by atoms with Crippen LogP contribution < -0.4 is 9.64 Å². The average molecular weight is 502 g/mol. The number of rotatable bonds is 7. The molecule has 10 heteroatoms. The van der Waals surface area contributed by atoms with Crippen molar-refractivity contribution in [1.82, 2.24) is 4.90 Å². The highest BCUT2D eigenvalue weighted by molar-refractivity contribution is 6.07. The first kappa shape index (κ1) is 24.1. The van der Waals surface area contributed by atoms with E-state index in [0.29, 0.717) is 12.1 Å². The number of carboxylic acid groups (broad SMARTS) is 1. The minimum absolute atomic E-state index is 0.0454. The van der Waals surface area contributed by atoms with Crippen molar-refractivity contribution in [3.63, 3.8) is 0 Å². The highest BCUT2D eigenvalue weighted by atomic mass is 19.4. The predicted octanol–water partition coefficient (Wildman–Crippen LogP) is 4.92. The second-order valence-electron chi connectivity index (χ2n) is 9.49. The van der Waals surface area contributed by atoms with Crippen molar-refractivity contribution in [2.75, 3.05) is 4.90 Å². The van der Waals surface area contributed by atoms with E-state index < -0.39 is 24.0 Å². The molecule has 190 valence electrons. The standard InChI is InChI=1S/C26H25F3N2O5/c27-26(28,29)36-17-5-3-4-15(14-17)25(35)31-20-7-2-1-6-18(20)24(19-10-11-21(19)31)30(16-8-9-16)22(32)12-13-23(33)34/h1-7,14,16,19,21,24H,8-13H2,(H,33,34)/t19-,21+,24+/m1/s1. The summed E-state index contributed by atoms with van der Waals surface area (Å²) in [6, 6.07) is 11.9. The Morgan fingerprint density at radius 1 is 1.00 bits per heavy atom. The van der Waals surface area contributed by atoms with Crippen LogP contribution in [0.25, 0.3) is 0 Å². The van der Waals surface area contributed by atoms with Crippen LogP contribution in [0.5, 0.6) is 5.75 Å². The largest absolute Gasteiger partial charge is 0.573 e. The molecule has 3 aliphatic rings. The zero-order valence-electron chi connectivity index (χ0n) is 19.3. The highest BCUT2D eigenvalue weighted by Gasteiger charge is 2.53. The number of para-hydroxylation sites is 1. The number of carbonyl (C=O) groups is 3. The summed E-state index contributed by atoms with van der Waals surface area (Å²) in [4.78, 5) is 41.4. The van der Waals surface area contributed by atoms with Crippen LogP contribution in [0, 0.1) is 5.92 Å². The molecule has 0 aromatic heterocycles. The molecule has 2 saturated carbocycles. The Bertz CT molecular complexity index is 1200. The SMILES string of the molecule is O=C(O)CCC(=O)N(C1CC1)[C@H]1c2ccccc2N(C(=O)c2cccc(OC(F)(F)F)c2)[C@H]2CC[C@H]21. The number of nitrogens with zero attached hydrogens (tertiary/aromatic N) is 2. The summed E-state index contributed by atoms with van der Waals surface area (Å²) in [6.07, 6.45) is -2.03. The third-order valence-electron chi connectivity index (χ3n) is 7.16. The second-order valence-corrected chi connectivity index (χ2v) is 9.49. The van der Waals surface area contributed by atoms with E-state index in [1.807, 2.05) is 17.0 Å². The molecule has 2 aliphatic carbocycles. The molecular weight excluding hydrogens is 477 g/mol. The zero-order chi connectivity index (χ0) is 25.6. The lowest BCUT2D eigenvalue weighted by molar-refractivity contribution is -0.274. The molecule has 0 saturated heterocycles. The van der Waals surface area contributed by atoms with Gasteiger partial charge in [-0.3, -0.25) is 14.4 Å². The van der Waals surface area contributed by atoms with Gasteiger partial charge in [-0.15, -0.1) is 13.2 Å². The van der Waals surface area contributed by atoms with Crippen LogP contribution >= 0.6 is 0 Å². The third-order valence-corrected chi connectivity index (χ3v) is 7.16. The number of halogens is 3. The Kier molecular flexibility index (Phi) is 6.13. The van der Waals surface area contributed by atoms with E-state index >= 15 is 0 Å². The van der Waals surface area contributed by atoms with Crippen molar-refractivity contribution in [2.24, 2.45) is 5.92 Å². The van der Waals surface area contributed by atoms with Gasteiger partial charge in [-0.25, -0.2) is 0 Å². The van der Waals surface area contributed by atoms with Gasteiger partial charge >= 0.3 is 12.3 Å². The van der Waals surface area contributed by atoms with E-state index in [4.69, 9.17) is 5.11 Å². The van der Waals surface area contributed by atoms with Crippen molar-refractivity contribution in [3.8, 4) is 5.75 Å². The first-order valence-corrected chi connectivity index (χ1v) is 12.0. The van der Waals surface area contributed by atoms with E-state index in [-0.39, 0.29) is 48.4 Å². The molecular formula is C26H25F3N2O5. The number of fused-ring (bicyclic) bond motifs is 2. The summed E-state index contributed by atoms with van der Waals surface area (Å²) in [7, 11) is 0. The first-order valence-electron chi connectivity index (χ1n) is 12.0. The van der Waals surface area contributed by atoms with Crippen LogP contribution in [-0.2, 0) is 9.59 Å². The van der Waals surface area contributed by atoms with Gasteiger partial charge in [0, 0.05) is 35.7 Å². The van der Waals surface area contributed by atoms with Gasteiger partial charge in [0.1, 0.15) is 5.75 Å². The molecule has 2 fully saturated rings. The fourth-order valence-corrected chi connectivity index (χ4v) is 5.43. The molecule has 3 atom stereocenters. The summed E-state index contributed by atoms with van der Waals surface area (Å²) in [5.41, 5.74) is 1.49. The number of benzene rings is 2. The maximum absolute atomic E-state index is 13.6. The average Bonchev–Trinajstić information content (AvgIpc) is 3.63. The van der Waals surface area contributed by atoms with Gasteiger partial charge in [0.2, 0.25) is 5.91 Å². The lowest BCUT2D eigenvalue weighted by atomic mass is 9.67. The van der Waals surface area contributed by atoms with E-state index in [1.165, 1.54) is 12.1 Å². The van der Waals surface area contributed by atoms with Gasteiger partial charge in [-0.05, 0) is 55.5 Å². The maximum Gasteiger partial charge on any atom is 0.573 e. The number of hydrogen-bond acceptors (Lipinski definition) is 4. The number of hydrogen-bond donors (Lipinski definition) is 1. The summed E-state index contributed by atoms with van der Waals surface area (Å²) in [6.45, 7) is 0. The summed E-state index contributed by atoms with van der Waals surface area (Å²) in [5.74, 6) is -2.18. The minimum atomic E-state index is -4.87. The van der Waals surface area contributed by atoms with Gasteiger partial charge < -0.3 is 19.6 Å². The van der Waals surface area contributed by atoms with Crippen LogP contribution in [0.15, 0.2) is 48.5 Å². The lowest BCUT2D eigenvalue weighted by Crippen LogP contribution is -2.59. The molecule has 1 N–H and O–H groups in total. The van der Waals surface area contributed by atoms with Crippen LogP contribution in [0.4, 0.5) is 18.9 Å². The molecule has 1 heterocycles. The Morgan fingerprint density at radius 2 is 1.75 bits per heavy atom. The molecule has 36 heavy (non-hydrogen) atoms. The second kappa shape index (κ2) is 9.15. The molecule has 1 aliphatic heterocycles. The van der Waals surface area contributed by atoms with E-state index in [0.717, 1.165) is 37.0 Å². The third kappa shape index (κ3) is 4.64. The van der Waals surface area contributed by atoms with Gasteiger partial charge in [-0.2, -0.15) is 0 Å². The predicted molar refractivity (Wildman–Crippen MR) is 122 cm³/mol. The smallest absolute Gasteiger partial charge is 0.481 e. The van der Waals surface area contributed by atoms with Crippen LogP contribution in [0.1, 0.15) is 60.5 Å². The zero-order valence-corrected chi connectivity index (χ0v) is 19.3. The quantitative estimate of drug-likeness (QED) is 0.581. The monoisotopic (exact) mass is 502 g/mol. The Hall–Kier alpha value is -3.56. The lowest BCUT2D eigenvalue weighted by Gasteiger charge is -2.55. The number of ether oxygens (including phenoxy) is 1. The van der Waals surface area contributed by atoms with Gasteiger partial charge in [-0.1, -0.05) is 24.3 Å². The maximum atomic E-state index is 13.6. The Labute approximate surface area is 205 Å². The van der Waals surface area contributed by atoms with Crippen molar-refractivity contribution >= 4 is 23.5 Å². The normalized spacial score (nSPS) is 22.6. The minimum Gasteiger partial charge on any atom is -0.481 e. The van der Waals surface area contributed by atoms with Crippen LogP contribution in [0.3, 0.4) is 0 Å². The van der Waals surface area contributed by atoms with Gasteiger partial charge in [0.15, 0.2) is 0 Å². The van der Waals surface area contributed by atoms with Crippen molar-refractivity contribution in [2.45, 2.75) is 63.0 Å². The molecule has 2 aromatic carbocycles. The fourth-order valence-electron chi connectivity index (χ4n) is 5.43. The molecule has 0 unspecified atom stereocenters. The van der Waals surface area contributed by atoms with Crippen LogP contribution in [-0.4, -0.2) is 46.2 Å².